The van der Waals surface area contributed by atoms with Gasteiger partial charge in [-0.3, -0.25) is 10.1 Å². The lowest BCUT2D eigenvalue weighted by Gasteiger charge is -2.04. The molecule has 0 aliphatic heterocycles. The van der Waals surface area contributed by atoms with Gasteiger partial charge < -0.3 is 4.42 Å². The zero-order valence-electron chi connectivity index (χ0n) is 12.5. The average molecular weight is 347 g/mol. The normalized spacial score (nSPS) is 10.9. The van der Waals surface area contributed by atoms with Gasteiger partial charge in [-0.1, -0.05) is 23.9 Å². The molecule has 3 aromatic rings. The number of nitro benzene ring substituents is 1. The van der Waals surface area contributed by atoms with Crippen LogP contribution in [0.25, 0.3) is 10.8 Å². The monoisotopic (exact) mass is 347 g/mol. The molecule has 1 aromatic carbocycles. The predicted octanol–water partition coefficient (Wildman–Crippen LogP) is 4.62. The Labute approximate surface area is 140 Å². The van der Waals surface area contributed by atoms with Crippen LogP contribution in [0, 0.1) is 24.0 Å². The Morgan fingerprint density at radius 1 is 1.30 bits per heavy atom. The van der Waals surface area contributed by atoms with Gasteiger partial charge in [-0.2, -0.15) is 0 Å². The molecule has 2 heterocycles. The molecule has 0 amide bonds. The number of nitro groups is 1. The summed E-state index contributed by atoms with van der Waals surface area (Å²) in [4.78, 5) is 11.6. The number of benzene rings is 1. The molecular weight excluding hydrogens is 334 g/mol. The number of rotatable bonds is 5. The van der Waals surface area contributed by atoms with Gasteiger partial charge in [-0.25, -0.2) is 0 Å². The van der Waals surface area contributed by atoms with E-state index in [1.165, 1.54) is 17.8 Å². The van der Waals surface area contributed by atoms with Gasteiger partial charge >= 0.3 is 0 Å². The van der Waals surface area contributed by atoms with Crippen molar-refractivity contribution in [2.45, 2.75) is 24.8 Å². The van der Waals surface area contributed by atoms with Crippen LogP contribution >= 0.6 is 23.1 Å². The Bertz CT molecular complexity index is 857. The number of hydrogen-bond donors (Lipinski definition) is 0. The molecule has 23 heavy (non-hydrogen) atoms. The molecule has 0 fully saturated rings. The van der Waals surface area contributed by atoms with Gasteiger partial charge in [-0.15, -0.1) is 21.5 Å². The molecule has 0 saturated carbocycles. The van der Waals surface area contributed by atoms with Crippen molar-refractivity contribution >= 4 is 28.8 Å². The van der Waals surface area contributed by atoms with Crippen molar-refractivity contribution in [2.75, 3.05) is 0 Å². The van der Waals surface area contributed by atoms with E-state index >= 15 is 0 Å². The molecule has 0 bridgehead atoms. The molecule has 0 unspecified atom stereocenters. The van der Waals surface area contributed by atoms with E-state index in [-0.39, 0.29) is 10.6 Å². The largest absolute Gasteiger partial charge is 0.410 e. The fourth-order valence-electron chi connectivity index (χ4n) is 2.12. The third-order valence-electron chi connectivity index (χ3n) is 3.43. The van der Waals surface area contributed by atoms with Crippen LogP contribution in [0.3, 0.4) is 0 Å². The number of hydrogen-bond acceptors (Lipinski definition) is 7. The van der Waals surface area contributed by atoms with E-state index in [4.69, 9.17) is 4.42 Å². The van der Waals surface area contributed by atoms with Crippen LogP contribution in [0.2, 0.25) is 0 Å². The van der Waals surface area contributed by atoms with Crippen molar-refractivity contribution in [1.82, 2.24) is 10.2 Å². The highest BCUT2D eigenvalue weighted by Gasteiger charge is 2.16. The predicted molar refractivity (Wildman–Crippen MR) is 89.7 cm³/mol. The van der Waals surface area contributed by atoms with E-state index in [2.05, 4.69) is 10.2 Å². The summed E-state index contributed by atoms with van der Waals surface area (Å²) in [6.45, 7) is 3.75. The molecule has 8 heteroatoms. The maximum absolute atomic E-state index is 11.0. The number of aryl methyl sites for hydroxylation is 1. The molecule has 0 atom stereocenters. The van der Waals surface area contributed by atoms with Crippen molar-refractivity contribution in [3.05, 3.63) is 56.5 Å². The van der Waals surface area contributed by atoms with E-state index < -0.39 is 0 Å². The minimum Gasteiger partial charge on any atom is -0.410 e. The summed E-state index contributed by atoms with van der Waals surface area (Å²) < 4.78 is 5.67. The lowest BCUT2D eigenvalue weighted by atomic mass is 10.1. The quantitative estimate of drug-likeness (QED) is 0.381. The lowest BCUT2D eigenvalue weighted by molar-refractivity contribution is -0.385. The zero-order chi connectivity index (χ0) is 16.4. The molecule has 0 aliphatic carbocycles. The van der Waals surface area contributed by atoms with Crippen LogP contribution in [-0.4, -0.2) is 15.1 Å². The molecule has 0 saturated heterocycles. The molecule has 3 rings (SSSR count). The first-order valence-corrected chi connectivity index (χ1v) is 8.66. The van der Waals surface area contributed by atoms with Crippen LogP contribution in [0.1, 0.15) is 16.7 Å². The summed E-state index contributed by atoms with van der Waals surface area (Å²) in [5.41, 5.74) is 2.78. The summed E-state index contributed by atoms with van der Waals surface area (Å²) in [7, 11) is 0. The average Bonchev–Trinajstić information content (AvgIpc) is 3.14. The van der Waals surface area contributed by atoms with E-state index in [0.29, 0.717) is 22.4 Å². The van der Waals surface area contributed by atoms with Gasteiger partial charge in [0.1, 0.15) is 0 Å². The fourth-order valence-corrected chi connectivity index (χ4v) is 3.79. The summed E-state index contributed by atoms with van der Waals surface area (Å²) in [5.74, 6) is 1.05. The lowest BCUT2D eigenvalue weighted by Crippen LogP contribution is -1.95. The standard InChI is InChI=1S/C15H13N3O3S2/c1-9-6-7-22-13(9)14-16-17-15(21-14)23-8-11-4-3-5-12(10(11)2)18(19)20/h3-7H,8H2,1-2H3. The third kappa shape index (κ3) is 3.27. The van der Waals surface area contributed by atoms with Gasteiger partial charge in [0.25, 0.3) is 16.8 Å². The van der Waals surface area contributed by atoms with Crippen LogP contribution < -0.4 is 0 Å². The highest BCUT2D eigenvalue weighted by molar-refractivity contribution is 7.98. The first-order valence-electron chi connectivity index (χ1n) is 6.80. The van der Waals surface area contributed by atoms with Crippen LogP contribution in [0.4, 0.5) is 5.69 Å². The van der Waals surface area contributed by atoms with Gasteiger partial charge in [-0.05, 0) is 36.4 Å². The second-order valence-electron chi connectivity index (χ2n) is 4.91. The molecule has 2 aromatic heterocycles. The molecule has 0 radical (unpaired) electrons. The first kappa shape index (κ1) is 15.7. The van der Waals surface area contributed by atoms with Gasteiger partial charge in [0, 0.05) is 17.4 Å². The van der Waals surface area contributed by atoms with Gasteiger partial charge in [0.15, 0.2) is 0 Å². The Hall–Kier alpha value is -2.19. The van der Waals surface area contributed by atoms with Crippen LogP contribution in [0.15, 0.2) is 39.3 Å². The number of aromatic nitrogens is 2. The molecule has 0 aliphatic rings. The highest BCUT2D eigenvalue weighted by atomic mass is 32.2. The number of thioether (sulfide) groups is 1. The van der Waals surface area contributed by atoms with Gasteiger partial charge in [0.05, 0.1) is 9.80 Å². The summed E-state index contributed by atoms with van der Waals surface area (Å²) in [5, 5.41) is 21.5. The van der Waals surface area contributed by atoms with Crippen LogP contribution in [-0.2, 0) is 5.75 Å². The summed E-state index contributed by atoms with van der Waals surface area (Å²) in [6.07, 6.45) is 0. The fraction of sp³-hybridized carbons (Fsp3) is 0.200. The number of nitrogens with zero attached hydrogens (tertiary/aromatic N) is 3. The molecule has 118 valence electrons. The SMILES string of the molecule is Cc1ccsc1-c1nnc(SCc2cccc([N+](=O)[O-])c2C)o1. The van der Waals surface area contributed by atoms with E-state index in [1.54, 1.807) is 24.3 Å². The van der Waals surface area contributed by atoms with Crippen molar-refractivity contribution in [1.29, 1.82) is 0 Å². The molecule has 0 spiro atoms. The smallest absolute Gasteiger partial charge is 0.277 e. The minimum absolute atomic E-state index is 0.128. The second kappa shape index (κ2) is 6.51. The first-order chi connectivity index (χ1) is 11.1. The Balaban J connectivity index is 1.75. The zero-order valence-corrected chi connectivity index (χ0v) is 14.1. The molecular formula is C15H13N3O3S2. The van der Waals surface area contributed by atoms with Gasteiger partial charge in [0.2, 0.25) is 0 Å². The minimum atomic E-state index is -0.367. The summed E-state index contributed by atoms with van der Waals surface area (Å²) >= 11 is 2.93. The Morgan fingerprint density at radius 3 is 2.83 bits per heavy atom. The Morgan fingerprint density at radius 2 is 2.13 bits per heavy atom. The summed E-state index contributed by atoms with van der Waals surface area (Å²) in [6, 6.07) is 7.07. The molecule has 6 nitrogen and oxygen atoms in total. The van der Waals surface area contributed by atoms with Crippen molar-refractivity contribution in [3.63, 3.8) is 0 Å². The molecule has 0 N–H and O–H groups in total. The van der Waals surface area contributed by atoms with E-state index in [1.807, 2.05) is 24.4 Å². The number of thiophene rings is 1. The van der Waals surface area contributed by atoms with Crippen LogP contribution in [0.5, 0.6) is 0 Å². The van der Waals surface area contributed by atoms with Crippen molar-refractivity contribution in [2.24, 2.45) is 0 Å². The topological polar surface area (TPSA) is 82.1 Å². The third-order valence-corrected chi connectivity index (χ3v) is 5.30. The van der Waals surface area contributed by atoms with Crippen molar-refractivity contribution < 1.29 is 9.34 Å². The van der Waals surface area contributed by atoms with E-state index in [9.17, 15) is 10.1 Å². The van der Waals surface area contributed by atoms with Crippen molar-refractivity contribution in [3.8, 4) is 10.8 Å². The highest BCUT2D eigenvalue weighted by Crippen LogP contribution is 2.32. The maximum atomic E-state index is 11.0. The van der Waals surface area contributed by atoms with E-state index in [0.717, 1.165) is 16.0 Å². The second-order valence-corrected chi connectivity index (χ2v) is 6.76. The maximum Gasteiger partial charge on any atom is 0.277 e. The Kier molecular flexibility index (Phi) is 4.44.